The third-order valence-corrected chi connectivity index (χ3v) is 8.63. The molecule has 2 fully saturated rings. The maximum atomic E-state index is 12.8. The van der Waals surface area contributed by atoms with Crippen LogP contribution in [0.2, 0.25) is 0 Å². The van der Waals surface area contributed by atoms with Crippen LogP contribution in [0.3, 0.4) is 0 Å². The second kappa shape index (κ2) is 15.9. The molecule has 2 aromatic carbocycles. The minimum absolute atomic E-state index is 0.0322. The fraction of sp³-hybridized carbons (Fsp3) is 0.333. The van der Waals surface area contributed by atoms with Gasteiger partial charge in [0, 0.05) is 17.7 Å². The Labute approximate surface area is 299 Å². The van der Waals surface area contributed by atoms with Gasteiger partial charge in [-0.3, -0.25) is 4.79 Å². The smallest absolute Gasteiger partial charge is 0.508 e. The molecule has 17 nitrogen and oxygen atoms in total. The molecule has 53 heavy (non-hydrogen) atoms. The quantitative estimate of drug-likeness (QED) is 0.0559. The maximum absolute atomic E-state index is 12.8. The number of aliphatic hydroxyl groups is 7. The van der Waals surface area contributed by atoms with Crippen molar-refractivity contribution in [3.8, 4) is 45.6 Å². The molecule has 3 heterocycles. The lowest BCUT2D eigenvalue weighted by Gasteiger charge is -2.40. The Morgan fingerprint density at radius 1 is 0.717 bits per heavy atom. The lowest BCUT2D eigenvalue weighted by atomic mass is 9.99. The van der Waals surface area contributed by atoms with Gasteiger partial charge in [-0.1, -0.05) is 12.1 Å². The molecule has 4 aliphatic rings. The molecule has 0 amide bonds. The summed E-state index contributed by atoms with van der Waals surface area (Å²) in [5.41, 5.74) is 0.343. The number of aromatic hydroxyl groups is 2. The first-order valence-corrected chi connectivity index (χ1v) is 16.2. The van der Waals surface area contributed by atoms with E-state index in [0.29, 0.717) is 11.1 Å². The van der Waals surface area contributed by atoms with Crippen molar-refractivity contribution in [3.63, 3.8) is 0 Å². The summed E-state index contributed by atoms with van der Waals surface area (Å²) in [6, 6.07) is 15.1. The first-order chi connectivity index (χ1) is 25.3. The number of hydrogen-bond donors (Lipinski definition) is 9. The topological polar surface area (TPSA) is 280 Å². The Bertz CT molecular complexity index is 1920. The minimum Gasteiger partial charge on any atom is -0.508 e. The molecule has 0 saturated carbocycles. The molecule has 1 aliphatic carbocycles. The van der Waals surface area contributed by atoms with Gasteiger partial charge in [-0.25, -0.2) is 0 Å². The lowest BCUT2D eigenvalue weighted by molar-refractivity contribution is -0.277. The molecule has 0 spiro atoms. The zero-order chi connectivity index (χ0) is 38.0. The summed E-state index contributed by atoms with van der Waals surface area (Å²) < 4.78 is 34.5. The van der Waals surface area contributed by atoms with Gasteiger partial charge in [0.2, 0.25) is 19.2 Å². The maximum Gasteiger partial charge on any atom is 0.510 e. The Hall–Kier alpha value is -5.08. The number of phenols is 2. The fourth-order valence-electron chi connectivity index (χ4n) is 5.69. The molecule has 2 aromatic rings. The van der Waals surface area contributed by atoms with Gasteiger partial charge in [0.05, 0.1) is 18.2 Å². The van der Waals surface area contributed by atoms with Gasteiger partial charge in [-0.05, 0) is 54.1 Å². The first-order valence-electron chi connectivity index (χ1n) is 16.2. The highest BCUT2D eigenvalue weighted by atomic mass is 16.7. The van der Waals surface area contributed by atoms with Crippen LogP contribution < -0.4 is 14.9 Å². The monoisotopic (exact) mass is 741 g/mol. The van der Waals surface area contributed by atoms with Crippen molar-refractivity contribution in [2.45, 2.75) is 61.4 Å². The molecule has 0 radical (unpaired) electrons. The predicted octanol–water partition coefficient (Wildman–Crippen LogP) is -0.580. The molecule has 10 N–H and O–H groups in total. The Morgan fingerprint density at radius 2 is 1.28 bits per heavy atom. The molecule has 10 atom stereocenters. The molecule has 0 bridgehead atoms. The van der Waals surface area contributed by atoms with Crippen LogP contribution in [0.5, 0.6) is 23.0 Å². The molecule has 2 saturated heterocycles. The van der Waals surface area contributed by atoms with Crippen LogP contribution in [0.25, 0.3) is 28.7 Å². The summed E-state index contributed by atoms with van der Waals surface area (Å²) in [5, 5.41) is 92.2. The number of fused-ring (bicyclic) bond motifs is 1. The lowest BCUT2D eigenvalue weighted by Crippen LogP contribution is -2.60. The van der Waals surface area contributed by atoms with Gasteiger partial charge in [0.15, 0.2) is 23.0 Å². The van der Waals surface area contributed by atoms with Crippen LogP contribution in [0.4, 0.5) is 0 Å². The van der Waals surface area contributed by atoms with Crippen molar-refractivity contribution in [3.05, 3.63) is 88.6 Å². The third kappa shape index (κ3) is 8.28. The van der Waals surface area contributed by atoms with Gasteiger partial charge in [-0.2, -0.15) is 0 Å². The molecule has 0 unspecified atom stereocenters. The summed E-state index contributed by atoms with van der Waals surface area (Å²) in [6.07, 6.45) is -14.1. The number of benzene rings is 3. The number of hydrogen-bond acceptors (Lipinski definition) is 16. The van der Waals surface area contributed by atoms with E-state index < -0.39 is 86.0 Å². The first kappa shape index (κ1) is 37.7. The number of ether oxygens (including phenoxy) is 5. The van der Waals surface area contributed by atoms with Crippen LogP contribution >= 0.6 is 0 Å². The number of rotatable bonds is 10. The van der Waals surface area contributed by atoms with Crippen LogP contribution in [-0.4, -0.2) is 131 Å². The highest BCUT2D eigenvalue weighted by molar-refractivity contribution is 5.88. The van der Waals surface area contributed by atoms with E-state index >= 15 is 0 Å². The summed E-state index contributed by atoms with van der Waals surface area (Å²) in [5.74, 6) is -1.18. The van der Waals surface area contributed by atoms with Crippen LogP contribution in [-0.2, 0) is 14.2 Å². The van der Waals surface area contributed by atoms with Crippen LogP contribution in [0.15, 0.2) is 82.0 Å². The number of phenolic OH excluding ortho intramolecular Hbond substituents is 2. The molecule has 282 valence electrons. The summed E-state index contributed by atoms with van der Waals surface area (Å²) in [7, 11) is 0. The van der Waals surface area contributed by atoms with E-state index in [-0.39, 0.29) is 40.1 Å². The van der Waals surface area contributed by atoms with E-state index in [0.717, 1.165) is 12.1 Å². The van der Waals surface area contributed by atoms with Gasteiger partial charge in [-0.15, -0.1) is 0 Å². The van der Waals surface area contributed by atoms with Gasteiger partial charge in [0.25, 0.3) is 0 Å². The Morgan fingerprint density at radius 3 is 1.91 bits per heavy atom. The van der Waals surface area contributed by atoms with Gasteiger partial charge < -0.3 is 78.9 Å². The average molecular weight is 742 g/mol. The molecule has 6 rings (SSSR count). The average Bonchev–Trinajstić information content (AvgIpc) is 3.14. The van der Waals surface area contributed by atoms with E-state index in [4.69, 9.17) is 28.1 Å². The van der Waals surface area contributed by atoms with Crippen molar-refractivity contribution in [2.75, 3.05) is 13.2 Å². The standard InChI is InChI=1S/C36H36O17/c37-14-25-28(42)30(44)32(46)35(52-25)50-23-12-20(40)11-22-21(23)13-24(34(49-22)17-4-8-19(39)9-5-17)51-36-33(47)31(45)29(43)26(53-36)15-48-27(41)10-3-16-1-6-18(38)7-2-16/h1-13,25-26,28-33,35-39,42-47H,14-15H2/p+1/t25-,26+,28-,29-,30+,31+,32+,33-,35-,36-/m1/s1. The van der Waals surface area contributed by atoms with Crippen LogP contribution in [0, 0.1) is 0 Å². The van der Waals surface area contributed by atoms with E-state index in [2.05, 4.69) is 0 Å². The molecular formula is C36H37O17+. The van der Waals surface area contributed by atoms with Crippen molar-refractivity contribution in [1.29, 1.82) is 0 Å². The fourth-order valence-corrected chi connectivity index (χ4v) is 5.69. The normalized spacial score (nSPS) is 28.9. The zero-order valence-electron chi connectivity index (χ0n) is 27.5. The van der Waals surface area contributed by atoms with Crippen molar-refractivity contribution in [2.24, 2.45) is 0 Å². The summed E-state index contributed by atoms with van der Waals surface area (Å²) in [6.45, 7) is -1.26. The van der Waals surface area contributed by atoms with E-state index in [9.17, 15) is 55.5 Å². The van der Waals surface area contributed by atoms with Gasteiger partial charge >= 0.3 is 5.97 Å². The van der Waals surface area contributed by atoms with E-state index in [1.165, 1.54) is 54.6 Å². The Balaban J connectivity index is 1.30. The second-order valence-electron chi connectivity index (χ2n) is 12.3. The second-order valence-corrected chi connectivity index (χ2v) is 12.3. The van der Waals surface area contributed by atoms with Crippen molar-refractivity contribution >= 4 is 12.0 Å². The van der Waals surface area contributed by atoms with E-state index in [1.54, 1.807) is 12.1 Å². The number of carbonyl (C=O) groups excluding carboxylic acids is 1. The molecule has 17 heteroatoms. The highest BCUT2D eigenvalue weighted by Crippen LogP contribution is 2.43. The van der Waals surface area contributed by atoms with Gasteiger partial charge in [0.1, 0.15) is 65.7 Å². The molecular weight excluding hydrogens is 704 g/mol. The zero-order valence-corrected chi connectivity index (χ0v) is 27.5. The number of esters is 1. The Kier molecular flexibility index (Phi) is 11.3. The highest BCUT2D eigenvalue weighted by Gasteiger charge is 2.48. The predicted molar refractivity (Wildman–Crippen MR) is 180 cm³/mol. The van der Waals surface area contributed by atoms with Crippen molar-refractivity contribution in [1.82, 2.24) is 0 Å². The molecule has 3 aliphatic heterocycles. The SMILES string of the molecule is O=c1cc2oc(-c3ccc(O)cc3)c(O[C@@H]3O[C@@H](COC(=[OH+])C=Cc4ccc(O)cc4)[C@@H](O)[C@H](O)[C@H]3O)cc-2c(O[C@@H]2O[C@H](CO)[C@@H](O)[C@H](O)[C@@H]2O)c1. The molecule has 0 aromatic heterocycles. The van der Waals surface area contributed by atoms with Crippen molar-refractivity contribution < 1.29 is 78.9 Å². The third-order valence-electron chi connectivity index (χ3n) is 8.63. The number of aliphatic hydroxyl groups excluding tert-OH is 7. The largest absolute Gasteiger partial charge is 0.510 e. The minimum atomic E-state index is -1.86. The summed E-state index contributed by atoms with van der Waals surface area (Å²) in [4.78, 5) is 23.0. The van der Waals surface area contributed by atoms with Crippen LogP contribution in [0.1, 0.15) is 5.56 Å². The van der Waals surface area contributed by atoms with E-state index in [1.807, 2.05) is 0 Å². The summed E-state index contributed by atoms with van der Waals surface area (Å²) >= 11 is 0.